The van der Waals surface area contributed by atoms with Crippen molar-refractivity contribution in [1.29, 1.82) is 0 Å². The van der Waals surface area contributed by atoms with Gasteiger partial charge in [-0.2, -0.15) is 0 Å². The summed E-state index contributed by atoms with van der Waals surface area (Å²) in [5, 5.41) is 8.14. The van der Waals surface area contributed by atoms with Crippen LogP contribution >= 0.6 is 0 Å². The zero-order chi connectivity index (χ0) is 16.4. The third-order valence-corrected chi connectivity index (χ3v) is 4.77. The topological polar surface area (TPSA) is 45.4 Å². The number of hydrogen-bond donors (Lipinski definition) is 0. The molecule has 1 saturated heterocycles. The first-order valence-electron chi connectivity index (χ1n) is 8.29. The molecule has 2 aromatic rings. The van der Waals surface area contributed by atoms with Gasteiger partial charge in [0.2, 0.25) is 11.8 Å². The van der Waals surface area contributed by atoms with Crippen LogP contribution in [0.5, 0.6) is 0 Å². The SMILES string of the molecule is Cc1nnc([C@H](C)N2CCN(Cc3ccccc3)C(C)(C)C2)o1. The molecule has 0 unspecified atom stereocenters. The quantitative estimate of drug-likeness (QED) is 0.868. The summed E-state index contributed by atoms with van der Waals surface area (Å²) in [6.07, 6.45) is 0. The molecule has 0 amide bonds. The highest BCUT2D eigenvalue weighted by Crippen LogP contribution is 2.28. The highest BCUT2D eigenvalue weighted by molar-refractivity contribution is 5.15. The fraction of sp³-hybridized carbons (Fsp3) is 0.556. The van der Waals surface area contributed by atoms with E-state index in [-0.39, 0.29) is 11.6 Å². The van der Waals surface area contributed by atoms with Crippen molar-refractivity contribution in [2.75, 3.05) is 19.6 Å². The Morgan fingerprint density at radius 1 is 1.17 bits per heavy atom. The molecule has 1 atom stereocenters. The molecule has 124 valence electrons. The van der Waals surface area contributed by atoms with E-state index in [4.69, 9.17) is 4.42 Å². The number of aromatic nitrogens is 2. The Morgan fingerprint density at radius 3 is 2.52 bits per heavy atom. The van der Waals surface area contributed by atoms with E-state index in [0.717, 1.165) is 32.1 Å². The summed E-state index contributed by atoms with van der Waals surface area (Å²) >= 11 is 0. The summed E-state index contributed by atoms with van der Waals surface area (Å²) in [5.41, 5.74) is 1.48. The number of benzene rings is 1. The number of hydrogen-bond acceptors (Lipinski definition) is 5. The smallest absolute Gasteiger partial charge is 0.233 e. The van der Waals surface area contributed by atoms with Crippen LogP contribution in [0.4, 0.5) is 0 Å². The van der Waals surface area contributed by atoms with Gasteiger partial charge in [0.15, 0.2) is 0 Å². The number of nitrogens with zero attached hydrogens (tertiary/aromatic N) is 4. The maximum absolute atomic E-state index is 5.61. The lowest BCUT2D eigenvalue weighted by molar-refractivity contribution is -0.00748. The Balaban J connectivity index is 1.67. The second-order valence-electron chi connectivity index (χ2n) is 7.03. The lowest BCUT2D eigenvalue weighted by Gasteiger charge is -2.48. The molecule has 23 heavy (non-hydrogen) atoms. The van der Waals surface area contributed by atoms with Crippen molar-refractivity contribution in [3.8, 4) is 0 Å². The molecule has 0 saturated carbocycles. The normalized spacial score (nSPS) is 20.5. The van der Waals surface area contributed by atoms with Crippen LogP contribution in [0, 0.1) is 6.92 Å². The van der Waals surface area contributed by atoms with Crippen LogP contribution in [0.3, 0.4) is 0 Å². The Morgan fingerprint density at radius 2 is 1.91 bits per heavy atom. The van der Waals surface area contributed by atoms with Gasteiger partial charge in [-0.15, -0.1) is 10.2 Å². The zero-order valence-corrected chi connectivity index (χ0v) is 14.5. The average molecular weight is 314 g/mol. The lowest BCUT2D eigenvalue weighted by atomic mass is 9.96. The third kappa shape index (κ3) is 3.62. The molecule has 2 heterocycles. The maximum Gasteiger partial charge on any atom is 0.233 e. The molecule has 1 aliphatic rings. The van der Waals surface area contributed by atoms with Gasteiger partial charge < -0.3 is 4.42 Å². The average Bonchev–Trinajstić information content (AvgIpc) is 2.96. The van der Waals surface area contributed by atoms with Crippen molar-refractivity contribution in [2.24, 2.45) is 0 Å². The summed E-state index contributed by atoms with van der Waals surface area (Å²) < 4.78 is 5.61. The van der Waals surface area contributed by atoms with Crippen LogP contribution in [0.15, 0.2) is 34.7 Å². The Bertz CT molecular complexity index is 637. The van der Waals surface area contributed by atoms with Crippen molar-refractivity contribution < 1.29 is 4.42 Å². The summed E-state index contributed by atoms with van der Waals surface area (Å²) in [6.45, 7) is 12.7. The van der Waals surface area contributed by atoms with Crippen LogP contribution in [0.25, 0.3) is 0 Å². The fourth-order valence-electron chi connectivity index (χ4n) is 3.29. The van der Waals surface area contributed by atoms with E-state index in [0.29, 0.717) is 5.89 Å². The zero-order valence-electron chi connectivity index (χ0n) is 14.5. The number of aryl methyl sites for hydroxylation is 1. The van der Waals surface area contributed by atoms with E-state index in [1.807, 2.05) is 6.92 Å². The molecule has 5 nitrogen and oxygen atoms in total. The first-order chi connectivity index (χ1) is 11.0. The van der Waals surface area contributed by atoms with Gasteiger partial charge in [-0.1, -0.05) is 30.3 Å². The maximum atomic E-state index is 5.61. The molecule has 1 aromatic carbocycles. The van der Waals surface area contributed by atoms with Crippen molar-refractivity contribution >= 4 is 0 Å². The van der Waals surface area contributed by atoms with Crippen molar-refractivity contribution in [3.05, 3.63) is 47.7 Å². The minimum Gasteiger partial charge on any atom is -0.424 e. The standard InChI is InChI=1S/C18H26N4O/c1-14(17-20-19-15(2)23-17)21-10-11-22(18(3,4)13-21)12-16-8-6-5-7-9-16/h5-9,14H,10-13H2,1-4H3/t14-/m0/s1. The molecule has 0 radical (unpaired) electrons. The number of rotatable bonds is 4. The fourth-order valence-corrected chi connectivity index (χ4v) is 3.29. The van der Waals surface area contributed by atoms with E-state index in [2.05, 4.69) is 71.1 Å². The second-order valence-corrected chi connectivity index (χ2v) is 7.03. The van der Waals surface area contributed by atoms with Gasteiger partial charge in [-0.3, -0.25) is 9.80 Å². The molecule has 3 rings (SSSR count). The third-order valence-electron chi connectivity index (χ3n) is 4.77. The highest BCUT2D eigenvalue weighted by atomic mass is 16.4. The van der Waals surface area contributed by atoms with Gasteiger partial charge in [-0.05, 0) is 26.3 Å². The van der Waals surface area contributed by atoms with Gasteiger partial charge >= 0.3 is 0 Å². The molecular weight excluding hydrogens is 288 g/mol. The predicted octanol–water partition coefficient (Wildman–Crippen LogP) is 3.04. The largest absolute Gasteiger partial charge is 0.424 e. The van der Waals surface area contributed by atoms with E-state index in [9.17, 15) is 0 Å². The predicted molar refractivity (Wildman–Crippen MR) is 90.0 cm³/mol. The van der Waals surface area contributed by atoms with Crippen LogP contribution in [-0.2, 0) is 6.54 Å². The lowest BCUT2D eigenvalue weighted by Crippen LogP contribution is -2.59. The van der Waals surface area contributed by atoms with E-state index >= 15 is 0 Å². The highest BCUT2D eigenvalue weighted by Gasteiger charge is 2.36. The molecule has 0 N–H and O–H groups in total. The molecule has 0 spiro atoms. The monoisotopic (exact) mass is 314 g/mol. The molecular formula is C18H26N4O. The summed E-state index contributed by atoms with van der Waals surface area (Å²) in [4.78, 5) is 5.00. The molecule has 0 aliphatic carbocycles. The van der Waals surface area contributed by atoms with Gasteiger partial charge in [-0.25, -0.2) is 0 Å². The molecule has 0 bridgehead atoms. The van der Waals surface area contributed by atoms with E-state index in [1.165, 1.54) is 5.56 Å². The van der Waals surface area contributed by atoms with Crippen LogP contribution in [-0.4, -0.2) is 45.2 Å². The Kier molecular flexibility index (Phi) is 4.50. The Hall–Kier alpha value is -1.72. The minimum atomic E-state index is 0.109. The molecule has 1 aliphatic heterocycles. The van der Waals surface area contributed by atoms with Crippen LogP contribution < -0.4 is 0 Å². The molecule has 1 aromatic heterocycles. The summed E-state index contributed by atoms with van der Waals surface area (Å²) in [6, 6.07) is 10.9. The molecule has 1 fully saturated rings. The summed E-state index contributed by atoms with van der Waals surface area (Å²) in [7, 11) is 0. The van der Waals surface area contributed by atoms with Crippen molar-refractivity contribution in [1.82, 2.24) is 20.0 Å². The van der Waals surface area contributed by atoms with Crippen LogP contribution in [0.1, 0.15) is 44.2 Å². The first kappa shape index (κ1) is 16.1. The van der Waals surface area contributed by atoms with Crippen molar-refractivity contribution in [3.63, 3.8) is 0 Å². The van der Waals surface area contributed by atoms with Gasteiger partial charge in [0.05, 0.1) is 6.04 Å². The van der Waals surface area contributed by atoms with Crippen molar-refractivity contribution in [2.45, 2.75) is 45.8 Å². The van der Waals surface area contributed by atoms with E-state index < -0.39 is 0 Å². The van der Waals surface area contributed by atoms with Gasteiger partial charge in [0, 0.05) is 38.6 Å². The minimum absolute atomic E-state index is 0.109. The van der Waals surface area contributed by atoms with Gasteiger partial charge in [0.25, 0.3) is 0 Å². The van der Waals surface area contributed by atoms with E-state index in [1.54, 1.807) is 0 Å². The Labute approximate surface area is 138 Å². The number of piperazine rings is 1. The second kappa shape index (κ2) is 6.42. The molecule has 5 heteroatoms. The van der Waals surface area contributed by atoms with Gasteiger partial charge in [0.1, 0.15) is 0 Å². The van der Waals surface area contributed by atoms with Crippen LogP contribution in [0.2, 0.25) is 0 Å². The summed E-state index contributed by atoms with van der Waals surface area (Å²) in [5.74, 6) is 1.35. The first-order valence-corrected chi connectivity index (χ1v) is 8.29.